The third-order valence-corrected chi connectivity index (χ3v) is 6.63. The maximum atomic E-state index is 12.8. The Balaban J connectivity index is 1.15. The van der Waals surface area contributed by atoms with E-state index in [1.807, 2.05) is 18.3 Å². The first-order valence-corrected chi connectivity index (χ1v) is 11.4. The van der Waals surface area contributed by atoms with Gasteiger partial charge in [-0.2, -0.15) is 13.2 Å². The third-order valence-electron chi connectivity index (χ3n) is 6.63. The van der Waals surface area contributed by atoms with Crippen LogP contribution in [0.3, 0.4) is 0 Å². The number of amides is 2. The number of benzene rings is 1. The molecule has 0 spiro atoms. The number of hydrogen-bond acceptors (Lipinski definition) is 5. The average Bonchev–Trinajstić information content (AvgIpc) is 2.80. The Kier molecular flexibility index (Phi) is 7.06. The number of nitrogens with zero attached hydrogens (tertiary/aromatic N) is 2. The van der Waals surface area contributed by atoms with Crippen LogP contribution in [0.25, 0.3) is 0 Å². The highest BCUT2D eigenvalue weighted by Crippen LogP contribution is 2.36. The van der Waals surface area contributed by atoms with Crippen molar-refractivity contribution in [3.05, 3.63) is 59.3 Å². The van der Waals surface area contributed by atoms with Gasteiger partial charge in [0.25, 0.3) is 5.91 Å². The van der Waals surface area contributed by atoms with Gasteiger partial charge in [0.1, 0.15) is 5.82 Å². The van der Waals surface area contributed by atoms with Gasteiger partial charge in [-0.3, -0.25) is 14.5 Å². The first-order valence-electron chi connectivity index (χ1n) is 11.4. The molecule has 7 nitrogen and oxygen atoms in total. The molecule has 2 amide bonds. The van der Waals surface area contributed by atoms with Crippen LogP contribution in [0.2, 0.25) is 0 Å². The number of nitrogens with one attached hydrogen (secondary N) is 2. The fourth-order valence-electron chi connectivity index (χ4n) is 4.71. The van der Waals surface area contributed by atoms with E-state index in [9.17, 15) is 22.8 Å². The smallest absolute Gasteiger partial charge is 0.384 e. The zero-order valence-electron chi connectivity index (χ0n) is 18.6. The Labute approximate surface area is 195 Å². The number of carbonyl (C=O) groups excluding carboxylic acids is 2. The monoisotopic (exact) mass is 475 g/mol. The molecule has 1 saturated heterocycles. The summed E-state index contributed by atoms with van der Waals surface area (Å²) in [5, 5.41) is 5.26. The van der Waals surface area contributed by atoms with Crippen molar-refractivity contribution in [3.8, 4) is 0 Å². The fraction of sp³-hybridized carbons (Fsp3) is 0.458. The number of hydrogen-bond donors (Lipinski definition) is 3. The third kappa shape index (κ3) is 5.85. The van der Waals surface area contributed by atoms with E-state index in [1.54, 1.807) is 0 Å². The molecule has 2 heterocycles. The summed E-state index contributed by atoms with van der Waals surface area (Å²) < 4.78 is 38.4. The Hall–Kier alpha value is -3.14. The molecule has 2 aromatic rings. The van der Waals surface area contributed by atoms with E-state index in [0.717, 1.165) is 50.9 Å². The van der Waals surface area contributed by atoms with E-state index in [1.165, 1.54) is 17.7 Å². The van der Waals surface area contributed by atoms with Crippen molar-refractivity contribution in [2.24, 2.45) is 0 Å². The van der Waals surface area contributed by atoms with Crippen LogP contribution in [0.4, 0.5) is 19.0 Å². The lowest BCUT2D eigenvalue weighted by atomic mass is 9.81. The molecule has 10 heteroatoms. The van der Waals surface area contributed by atoms with E-state index in [2.05, 4.69) is 20.5 Å². The van der Waals surface area contributed by atoms with Gasteiger partial charge in [-0.05, 0) is 61.4 Å². The van der Waals surface area contributed by atoms with Gasteiger partial charge < -0.3 is 16.4 Å². The minimum absolute atomic E-state index is 0.0111. The number of carbonyl (C=O) groups is 2. The minimum Gasteiger partial charge on any atom is -0.384 e. The second-order valence-corrected chi connectivity index (χ2v) is 9.00. The molecule has 182 valence electrons. The largest absolute Gasteiger partial charge is 0.416 e. The van der Waals surface area contributed by atoms with Crippen LogP contribution >= 0.6 is 0 Å². The number of alkyl halides is 3. The molecule has 0 atom stereocenters. The van der Waals surface area contributed by atoms with Crippen LogP contribution in [0.5, 0.6) is 0 Å². The first kappa shape index (κ1) is 24.0. The van der Waals surface area contributed by atoms with Gasteiger partial charge in [0.05, 0.1) is 18.2 Å². The highest BCUT2D eigenvalue weighted by Gasteiger charge is 2.35. The Morgan fingerprint density at radius 1 is 1.09 bits per heavy atom. The van der Waals surface area contributed by atoms with Gasteiger partial charge in [-0.1, -0.05) is 12.1 Å². The molecule has 4 N–H and O–H groups in total. The highest BCUT2D eigenvalue weighted by atomic mass is 19.4. The summed E-state index contributed by atoms with van der Waals surface area (Å²) in [5.74, 6) is -0.0445. The summed E-state index contributed by atoms with van der Waals surface area (Å²) in [6.07, 6.45) is 1.68. The second kappa shape index (κ2) is 10.0. The predicted molar refractivity (Wildman–Crippen MR) is 121 cm³/mol. The summed E-state index contributed by atoms with van der Waals surface area (Å²) in [4.78, 5) is 30.9. The molecule has 0 radical (unpaired) electrons. The van der Waals surface area contributed by atoms with Crippen LogP contribution in [0.1, 0.15) is 53.1 Å². The molecule has 1 aromatic heterocycles. The zero-order valence-corrected chi connectivity index (χ0v) is 18.6. The quantitative estimate of drug-likeness (QED) is 0.597. The highest BCUT2D eigenvalue weighted by molar-refractivity contribution is 5.96. The van der Waals surface area contributed by atoms with Crippen LogP contribution in [0.15, 0.2) is 42.6 Å². The number of nitrogen functional groups attached to an aromatic ring is 1. The summed E-state index contributed by atoms with van der Waals surface area (Å²) in [6.45, 7) is 1.23. The van der Waals surface area contributed by atoms with Crippen molar-refractivity contribution in [2.45, 2.75) is 49.9 Å². The lowest BCUT2D eigenvalue weighted by Crippen LogP contribution is -2.63. The lowest BCUT2D eigenvalue weighted by Gasteiger charge is -2.46. The second-order valence-electron chi connectivity index (χ2n) is 9.00. The van der Waals surface area contributed by atoms with Gasteiger partial charge in [0.2, 0.25) is 5.91 Å². The van der Waals surface area contributed by atoms with E-state index in [0.29, 0.717) is 17.8 Å². The Morgan fingerprint density at radius 3 is 2.47 bits per heavy atom. The number of halogens is 3. The Bertz CT molecular complexity index is 1010. The number of likely N-dealkylation sites (tertiary alicyclic amines) is 1. The molecule has 0 unspecified atom stereocenters. The van der Waals surface area contributed by atoms with Gasteiger partial charge in [-0.15, -0.1) is 0 Å². The number of pyridine rings is 1. The number of anilines is 1. The summed E-state index contributed by atoms with van der Waals surface area (Å²) in [7, 11) is 0. The van der Waals surface area contributed by atoms with Crippen LogP contribution < -0.4 is 16.4 Å². The van der Waals surface area contributed by atoms with Crippen molar-refractivity contribution in [3.63, 3.8) is 0 Å². The van der Waals surface area contributed by atoms with E-state index in [4.69, 9.17) is 5.73 Å². The van der Waals surface area contributed by atoms with Crippen molar-refractivity contribution in [2.75, 3.05) is 25.4 Å². The van der Waals surface area contributed by atoms with Crippen molar-refractivity contribution in [1.29, 1.82) is 0 Å². The molecular formula is C24H28F3N5O2. The van der Waals surface area contributed by atoms with Crippen LogP contribution in [-0.2, 0) is 11.0 Å². The summed E-state index contributed by atoms with van der Waals surface area (Å²) in [6, 6.07) is 8.51. The predicted octanol–water partition coefficient (Wildman–Crippen LogP) is 2.94. The summed E-state index contributed by atoms with van der Waals surface area (Å²) >= 11 is 0. The minimum atomic E-state index is -4.53. The number of nitrogens with two attached hydrogens (primary N) is 1. The van der Waals surface area contributed by atoms with E-state index in [-0.39, 0.29) is 24.1 Å². The summed E-state index contributed by atoms with van der Waals surface area (Å²) in [5.41, 5.74) is 5.85. The van der Waals surface area contributed by atoms with Gasteiger partial charge in [-0.25, -0.2) is 4.98 Å². The molecule has 1 aliphatic heterocycles. The van der Waals surface area contributed by atoms with E-state index < -0.39 is 17.6 Å². The van der Waals surface area contributed by atoms with Crippen molar-refractivity contribution < 1.29 is 22.8 Å². The van der Waals surface area contributed by atoms with Gasteiger partial charge >= 0.3 is 6.18 Å². The number of rotatable bonds is 6. The normalized spacial score (nSPS) is 21.5. The molecule has 1 saturated carbocycles. The lowest BCUT2D eigenvalue weighted by molar-refractivity contribution is -0.137. The maximum Gasteiger partial charge on any atom is 0.416 e. The number of aromatic nitrogens is 1. The standard InChI is InChI=1S/C24H28F3N5O2/c25-24(26,27)18-3-1-2-16(10-18)23(34)30-12-22(33)31-19-13-32(14-19)20-7-4-15(5-8-20)17-6-9-21(28)29-11-17/h1-3,6,9-11,15,19-20H,4-5,7-8,12-14H2,(H2,28,29)(H,30,34)(H,31,33). The molecular weight excluding hydrogens is 447 g/mol. The van der Waals surface area contributed by atoms with Gasteiger partial charge in [0, 0.05) is 30.9 Å². The molecule has 1 aliphatic carbocycles. The van der Waals surface area contributed by atoms with Crippen LogP contribution in [-0.4, -0.2) is 53.4 Å². The maximum absolute atomic E-state index is 12.8. The Morgan fingerprint density at radius 2 is 1.82 bits per heavy atom. The molecule has 4 rings (SSSR count). The molecule has 2 aliphatic rings. The first-order chi connectivity index (χ1) is 16.2. The van der Waals surface area contributed by atoms with Gasteiger partial charge in [0.15, 0.2) is 0 Å². The van der Waals surface area contributed by atoms with E-state index >= 15 is 0 Å². The molecule has 34 heavy (non-hydrogen) atoms. The topological polar surface area (TPSA) is 100 Å². The molecule has 2 fully saturated rings. The van der Waals surface area contributed by atoms with Crippen LogP contribution in [0, 0.1) is 0 Å². The average molecular weight is 476 g/mol. The molecule has 0 bridgehead atoms. The molecule has 1 aromatic carbocycles. The zero-order chi connectivity index (χ0) is 24.3. The van der Waals surface area contributed by atoms with Crippen molar-refractivity contribution >= 4 is 17.6 Å². The fourth-order valence-corrected chi connectivity index (χ4v) is 4.71. The SMILES string of the molecule is Nc1ccc(C2CCC(N3CC(NC(=O)CNC(=O)c4cccc(C(F)(F)F)c4)C3)CC2)cn1. The van der Waals surface area contributed by atoms with Crippen molar-refractivity contribution in [1.82, 2.24) is 20.5 Å².